The van der Waals surface area contributed by atoms with Crippen molar-refractivity contribution in [2.75, 3.05) is 6.61 Å². The molecule has 0 aromatic heterocycles. The van der Waals surface area contributed by atoms with E-state index in [0.717, 1.165) is 12.5 Å². The van der Waals surface area contributed by atoms with Gasteiger partial charge in [0, 0.05) is 6.61 Å². The first-order valence-corrected chi connectivity index (χ1v) is 6.21. The van der Waals surface area contributed by atoms with Crippen LogP contribution in [0.4, 0.5) is 0 Å². The van der Waals surface area contributed by atoms with Crippen molar-refractivity contribution in [3.63, 3.8) is 0 Å². The molecule has 84 valence electrons. The average Bonchev–Trinajstić information content (AvgIpc) is 2.19. The summed E-state index contributed by atoms with van der Waals surface area (Å²) < 4.78 is 5.68. The molecule has 0 bridgehead atoms. The highest BCUT2D eigenvalue weighted by atomic mass is 16.5. The molecule has 1 heteroatoms. The molecule has 1 rings (SSSR count). The summed E-state index contributed by atoms with van der Waals surface area (Å²) >= 11 is 0. The third-order valence-corrected chi connectivity index (χ3v) is 4.09. The van der Waals surface area contributed by atoms with Crippen molar-refractivity contribution in [3.8, 4) is 0 Å². The Morgan fingerprint density at radius 1 is 1.07 bits per heavy atom. The Kier molecular flexibility index (Phi) is 4.43. The van der Waals surface area contributed by atoms with Gasteiger partial charge in [-0.25, -0.2) is 0 Å². The van der Waals surface area contributed by atoms with E-state index in [1.54, 1.807) is 0 Å². The summed E-state index contributed by atoms with van der Waals surface area (Å²) in [5.74, 6) is 0.921. The Balaban J connectivity index is 2.35. The van der Waals surface area contributed by atoms with Crippen molar-refractivity contribution < 1.29 is 4.74 Å². The van der Waals surface area contributed by atoms with Gasteiger partial charge in [0.25, 0.3) is 0 Å². The summed E-state index contributed by atoms with van der Waals surface area (Å²) in [6, 6.07) is 0. The fourth-order valence-corrected chi connectivity index (χ4v) is 2.54. The summed E-state index contributed by atoms with van der Waals surface area (Å²) in [4.78, 5) is 0. The maximum atomic E-state index is 5.68. The standard InChI is InChI=1S/C13H26O/c1-5-13(3,4)11-7-9-12(10-8-11)14-6-2/h11-12H,5-10H2,1-4H3/t11-,12+. The lowest BCUT2D eigenvalue weighted by atomic mass is 9.69. The first kappa shape index (κ1) is 12.0. The Morgan fingerprint density at radius 3 is 2.07 bits per heavy atom. The van der Waals surface area contributed by atoms with Crippen molar-refractivity contribution in [3.05, 3.63) is 0 Å². The van der Waals surface area contributed by atoms with Gasteiger partial charge in [0.05, 0.1) is 6.10 Å². The molecular weight excluding hydrogens is 172 g/mol. The monoisotopic (exact) mass is 198 g/mol. The van der Waals surface area contributed by atoms with Crippen molar-refractivity contribution in [1.29, 1.82) is 0 Å². The van der Waals surface area contributed by atoms with Gasteiger partial charge in [-0.1, -0.05) is 27.2 Å². The molecule has 1 nitrogen and oxygen atoms in total. The molecule has 1 fully saturated rings. The molecule has 0 saturated heterocycles. The molecule has 0 atom stereocenters. The minimum atomic E-state index is 0.539. The summed E-state index contributed by atoms with van der Waals surface area (Å²) in [6.45, 7) is 10.1. The van der Waals surface area contributed by atoms with E-state index >= 15 is 0 Å². The number of ether oxygens (including phenoxy) is 1. The highest BCUT2D eigenvalue weighted by molar-refractivity contribution is 4.82. The van der Waals surface area contributed by atoms with Crippen molar-refractivity contribution in [2.24, 2.45) is 11.3 Å². The van der Waals surface area contributed by atoms with E-state index in [-0.39, 0.29) is 0 Å². The van der Waals surface area contributed by atoms with E-state index in [2.05, 4.69) is 27.7 Å². The van der Waals surface area contributed by atoms with E-state index in [0.29, 0.717) is 11.5 Å². The molecule has 0 spiro atoms. The Labute approximate surface area is 89.2 Å². The molecule has 0 radical (unpaired) electrons. The molecule has 0 aliphatic heterocycles. The molecule has 0 amide bonds. The van der Waals surface area contributed by atoms with Gasteiger partial charge < -0.3 is 4.74 Å². The van der Waals surface area contributed by atoms with Crippen LogP contribution in [0.3, 0.4) is 0 Å². The van der Waals surface area contributed by atoms with Gasteiger partial charge in [0.15, 0.2) is 0 Å². The van der Waals surface area contributed by atoms with Crippen LogP contribution in [-0.4, -0.2) is 12.7 Å². The summed E-state index contributed by atoms with van der Waals surface area (Å²) in [5.41, 5.74) is 0.539. The van der Waals surface area contributed by atoms with Crippen molar-refractivity contribution >= 4 is 0 Å². The maximum absolute atomic E-state index is 5.68. The quantitative estimate of drug-likeness (QED) is 0.663. The van der Waals surface area contributed by atoms with Crippen LogP contribution < -0.4 is 0 Å². The molecule has 1 saturated carbocycles. The Hall–Kier alpha value is -0.0400. The molecule has 0 aromatic carbocycles. The molecule has 14 heavy (non-hydrogen) atoms. The van der Waals surface area contributed by atoms with Crippen LogP contribution in [-0.2, 0) is 4.74 Å². The number of hydrogen-bond donors (Lipinski definition) is 0. The smallest absolute Gasteiger partial charge is 0.0575 e. The van der Waals surface area contributed by atoms with E-state index in [1.807, 2.05) is 0 Å². The average molecular weight is 198 g/mol. The lowest BCUT2D eigenvalue weighted by molar-refractivity contribution is 0.00667. The Morgan fingerprint density at radius 2 is 1.64 bits per heavy atom. The Bertz CT molecular complexity index is 155. The van der Waals surface area contributed by atoms with E-state index < -0.39 is 0 Å². The van der Waals surface area contributed by atoms with Gasteiger partial charge in [0.2, 0.25) is 0 Å². The van der Waals surface area contributed by atoms with Crippen molar-refractivity contribution in [2.45, 2.75) is 65.9 Å². The third kappa shape index (κ3) is 2.98. The van der Waals surface area contributed by atoms with Crippen LogP contribution in [0, 0.1) is 11.3 Å². The summed E-state index contributed by atoms with van der Waals surface area (Å²) in [6.07, 6.45) is 7.15. The highest BCUT2D eigenvalue weighted by Crippen LogP contribution is 2.40. The fraction of sp³-hybridized carbons (Fsp3) is 1.00. The molecule has 1 aliphatic rings. The van der Waals surface area contributed by atoms with Crippen LogP contribution in [0.2, 0.25) is 0 Å². The largest absolute Gasteiger partial charge is 0.379 e. The fourth-order valence-electron chi connectivity index (χ4n) is 2.54. The van der Waals surface area contributed by atoms with E-state index in [9.17, 15) is 0 Å². The second-order valence-corrected chi connectivity index (χ2v) is 5.27. The first-order valence-electron chi connectivity index (χ1n) is 6.21. The number of hydrogen-bond acceptors (Lipinski definition) is 1. The minimum Gasteiger partial charge on any atom is -0.379 e. The third-order valence-electron chi connectivity index (χ3n) is 4.09. The van der Waals surface area contributed by atoms with Gasteiger partial charge in [0.1, 0.15) is 0 Å². The van der Waals surface area contributed by atoms with Crippen LogP contribution in [0.5, 0.6) is 0 Å². The zero-order chi connectivity index (χ0) is 10.6. The van der Waals surface area contributed by atoms with Crippen molar-refractivity contribution in [1.82, 2.24) is 0 Å². The first-order chi connectivity index (χ1) is 6.60. The second kappa shape index (κ2) is 5.16. The van der Waals surface area contributed by atoms with E-state index in [4.69, 9.17) is 4.74 Å². The molecule has 0 heterocycles. The zero-order valence-electron chi connectivity index (χ0n) is 10.3. The SMILES string of the molecule is CCO[C@H]1CC[C@@H](C(C)(C)CC)CC1. The van der Waals surface area contributed by atoms with E-state index in [1.165, 1.54) is 32.1 Å². The molecule has 0 aromatic rings. The van der Waals surface area contributed by atoms with Gasteiger partial charge in [-0.15, -0.1) is 0 Å². The van der Waals surface area contributed by atoms with Gasteiger partial charge in [-0.2, -0.15) is 0 Å². The molecule has 0 unspecified atom stereocenters. The molecular formula is C13H26O. The lowest BCUT2D eigenvalue weighted by Crippen LogP contribution is -2.30. The lowest BCUT2D eigenvalue weighted by Gasteiger charge is -2.38. The van der Waals surface area contributed by atoms with Crippen LogP contribution >= 0.6 is 0 Å². The highest BCUT2D eigenvalue weighted by Gasteiger charge is 2.31. The van der Waals surface area contributed by atoms with Gasteiger partial charge in [-0.05, 0) is 43.9 Å². The van der Waals surface area contributed by atoms with Crippen LogP contribution in [0.1, 0.15) is 59.8 Å². The molecule has 1 aliphatic carbocycles. The predicted octanol–water partition coefficient (Wildman–Crippen LogP) is 4.02. The second-order valence-electron chi connectivity index (χ2n) is 5.27. The predicted molar refractivity (Wildman–Crippen MR) is 61.4 cm³/mol. The normalized spacial score (nSPS) is 29.1. The topological polar surface area (TPSA) is 9.23 Å². The maximum Gasteiger partial charge on any atom is 0.0575 e. The summed E-state index contributed by atoms with van der Waals surface area (Å²) in [7, 11) is 0. The van der Waals surface area contributed by atoms with Crippen LogP contribution in [0.15, 0.2) is 0 Å². The summed E-state index contributed by atoms with van der Waals surface area (Å²) in [5, 5.41) is 0. The van der Waals surface area contributed by atoms with Gasteiger partial charge in [-0.3, -0.25) is 0 Å². The van der Waals surface area contributed by atoms with Crippen LogP contribution in [0.25, 0.3) is 0 Å². The number of rotatable bonds is 4. The zero-order valence-corrected chi connectivity index (χ0v) is 10.3. The molecule has 0 N–H and O–H groups in total. The van der Waals surface area contributed by atoms with Gasteiger partial charge >= 0.3 is 0 Å². The minimum absolute atomic E-state index is 0.539.